The summed E-state index contributed by atoms with van der Waals surface area (Å²) in [7, 11) is 0. The molecule has 0 heterocycles. The fraction of sp³-hybridized carbons (Fsp3) is 0.625. The summed E-state index contributed by atoms with van der Waals surface area (Å²) in [6, 6.07) is 10.2. The Morgan fingerprint density at radius 3 is 2.33 bits per heavy atom. The topological polar surface area (TPSA) is 35.2 Å². The summed E-state index contributed by atoms with van der Waals surface area (Å²) in [5.41, 5.74) is 6.85. The fourth-order valence-corrected chi connectivity index (χ4v) is 2.46. The van der Waals surface area contributed by atoms with Crippen LogP contribution in [-0.4, -0.2) is 5.72 Å². The average molecular weight is 249 g/mol. The number of hydrogen-bond acceptors (Lipinski definition) is 2. The van der Waals surface area contributed by atoms with Gasteiger partial charge in [-0.05, 0) is 37.2 Å². The number of hydrogen-bond donors (Lipinski definition) is 1. The zero-order valence-corrected chi connectivity index (χ0v) is 12.1. The zero-order chi connectivity index (χ0) is 13.6. The standard InChI is InChI=1S/C16H27NO/c1-13(2)10-14(3)11-16(4,17)18-12-15-8-6-5-7-9-15/h5-9,13-14H,10-12,17H2,1-4H3. The maximum absolute atomic E-state index is 6.22. The molecule has 0 amide bonds. The first-order valence-corrected chi connectivity index (χ1v) is 6.86. The summed E-state index contributed by atoms with van der Waals surface area (Å²) in [4.78, 5) is 0. The normalized spacial score (nSPS) is 16.6. The third-order valence-electron chi connectivity index (χ3n) is 3.04. The molecule has 1 aromatic rings. The Morgan fingerprint density at radius 1 is 1.17 bits per heavy atom. The molecule has 0 saturated heterocycles. The Morgan fingerprint density at radius 2 is 1.78 bits per heavy atom. The highest BCUT2D eigenvalue weighted by Gasteiger charge is 2.22. The van der Waals surface area contributed by atoms with E-state index in [1.165, 1.54) is 12.0 Å². The average Bonchev–Trinajstić information content (AvgIpc) is 2.26. The Hall–Kier alpha value is -0.860. The van der Waals surface area contributed by atoms with Crippen molar-refractivity contribution in [3.8, 4) is 0 Å². The molecular weight excluding hydrogens is 222 g/mol. The Labute approximate surface area is 112 Å². The van der Waals surface area contributed by atoms with Gasteiger partial charge in [0.15, 0.2) is 0 Å². The van der Waals surface area contributed by atoms with Crippen molar-refractivity contribution in [3.05, 3.63) is 35.9 Å². The highest BCUT2D eigenvalue weighted by atomic mass is 16.5. The molecule has 0 aliphatic rings. The van der Waals surface area contributed by atoms with Crippen LogP contribution in [0.5, 0.6) is 0 Å². The Kier molecular flexibility index (Phi) is 5.83. The van der Waals surface area contributed by atoms with E-state index < -0.39 is 5.72 Å². The van der Waals surface area contributed by atoms with Crippen LogP contribution in [0.25, 0.3) is 0 Å². The first-order chi connectivity index (χ1) is 8.39. The lowest BCUT2D eigenvalue weighted by molar-refractivity contribution is -0.0544. The molecule has 2 atom stereocenters. The number of benzene rings is 1. The predicted octanol–water partition coefficient (Wildman–Crippen LogP) is 3.95. The van der Waals surface area contributed by atoms with E-state index in [0.29, 0.717) is 18.4 Å². The van der Waals surface area contributed by atoms with Crippen LogP contribution in [0.15, 0.2) is 30.3 Å². The minimum absolute atomic E-state index is 0.538. The third-order valence-corrected chi connectivity index (χ3v) is 3.04. The van der Waals surface area contributed by atoms with E-state index in [4.69, 9.17) is 10.5 Å². The van der Waals surface area contributed by atoms with E-state index in [-0.39, 0.29) is 0 Å². The van der Waals surface area contributed by atoms with E-state index >= 15 is 0 Å². The second-order valence-electron chi connectivity index (χ2n) is 6.03. The molecule has 0 saturated carbocycles. The molecule has 1 rings (SSSR count). The van der Waals surface area contributed by atoms with Crippen LogP contribution in [0.2, 0.25) is 0 Å². The van der Waals surface area contributed by atoms with Crippen molar-refractivity contribution < 1.29 is 4.74 Å². The largest absolute Gasteiger partial charge is 0.356 e. The van der Waals surface area contributed by atoms with Gasteiger partial charge < -0.3 is 10.5 Å². The van der Waals surface area contributed by atoms with E-state index in [1.54, 1.807) is 0 Å². The van der Waals surface area contributed by atoms with Gasteiger partial charge in [0.2, 0.25) is 0 Å². The van der Waals surface area contributed by atoms with Crippen LogP contribution in [0.4, 0.5) is 0 Å². The minimum atomic E-state index is -0.538. The summed E-state index contributed by atoms with van der Waals surface area (Å²) < 4.78 is 5.85. The molecule has 102 valence electrons. The Bertz CT molecular complexity index is 332. The van der Waals surface area contributed by atoms with E-state index in [2.05, 4.69) is 32.9 Å². The molecule has 0 fully saturated rings. The highest BCUT2D eigenvalue weighted by molar-refractivity contribution is 5.13. The summed E-state index contributed by atoms with van der Waals surface area (Å²) in [6.45, 7) is 9.30. The molecule has 2 unspecified atom stereocenters. The second-order valence-corrected chi connectivity index (χ2v) is 6.03. The van der Waals surface area contributed by atoms with Gasteiger partial charge in [0.1, 0.15) is 5.72 Å². The molecule has 0 aliphatic carbocycles. The van der Waals surface area contributed by atoms with Crippen molar-refractivity contribution >= 4 is 0 Å². The van der Waals surface area contributed by atoms with Gasteiger partial charge in [-0.15, -0.1) is 0 Å². The van der Waals surface area contributed by atoms with Crippen molar-refractivity contribution in [2.45, 2.75) is 52.9 Å². The van der Waals surface area contributed by atoms with Gasteiger partial charge in [-0.1, -0.05) is 51.1 Å². The first-order valence-electron chi connectivity index (χ1n) is 6.86. The van der Waals surface area contributed by atoms with Gasteiger partial charge in [-0.3, -0.25) is 0 Å². The fourth-order valence-electron chi connectivity index (χ4n) is 2.46. The monoisotopic (exact) mass is 249 g/mol. The summed E-state index contributed by atoms with van der Waals surface area (Å²) >= 11 is 0. The quantitative estimate of drug-likeness (QED) is 0.743. The van der Waals surface area contributed by atoms with Gasteiger partial charge in [0.05, 0.1) is 6.61 Å². The summed E-state index contributed by atoms with van der Waals surface area (Å²) in [5.74, 6) is 1.31. The molecule has 1 aromatic carbocycles. The molecule has 2 nitrogen and oxygen atoms in total. The minimum Gasteiger partial charge on any atom is -0.356 e. The number of nitrogens with two attached hydrogens (primary N) is 1. The van der Waals surface area contributed by atoms with E-state index in [1.807, 2.05) is 25.1 Å². The zero-order valence-electron chi connectivity index (χ0n) is 12.1. The molecule has 2 N–H and O–H groups in total. The molecule has 18 heavy (non-hydrogen) atoms. The first kappa shape index (κ1) is 15.2. The van der Waals surface area contributed by atoms with Crippen molar-refractivity contribution in [1.29, 1.82) is 0 Å². The van der Waals surface area contributed by atoms with E-state index in [9.17, 15) is 0 Å². The number of rotatable bonds is 7. The van der Waals surface area contributed by atoms with Crippen molar-refractivity contribution in [3.63, 3.8) is 0 Å². The lowest BCUT2D eigenvalue weighted by Crippen LogP contribution is -2.40. The smallest absolute Gasteiger partial charge is 0.114 e. The lowest BCUT2D eigenvalue weighted by Gasteiger charge is -2.29. The summed E-state index contributed by atoms with van der Waals surface area (Å²) in [5, 5.41) is 0. The molecule has 0 aliphatic heterocycles. The molecule has 0 spiro atoms. The third kappa shape index (κ3) is 6.18. The maximum Gasteiger partial charge on any atom is 0.114 e. The van der Waals surface area contributed by atoms with Crippen LogP contribution in [0, 0.1) is 11.8 Å². The van der Waals surface area contributed by atoms with Gasteiger partial charge >= 0.3 is 0 Å². The van der Waals surface area contributed by atoms with Gasteiger partial charge in [0.25, 0.3) is 0 Å². The number of ether oxygens (including phenoxy) is 1. The van der Waals surface area contributed by atoms with Crippen LogP contribution in [-0.2, 0) is 11.3 Å². The molecule has 0 bridgehead atoms. The van der Waals surface area contributed by atoms with Crippen molar-refractivity contribution in [2.24, 2.45) is 17.6 Å². The van der Waals surface area contributed by atoms with Gasteiger partial charge in [0, 0.05) is 0 Å². The molecular formula is C16H27NO. The molecule has 0 aromatic heterocycles. The van der Waals surface area contributed by atoms with Gasteiger partial charge in [-0.2, -0.15) is 0 Å². The SMILES string of the molecule is CC(C)CC(C)CC(C)(N)OCc1ccccc1. The molecule has 2 heteroatoms. The predicted molar refractivity (Wildman–Crippen MR) is 77.1 cm³/mol. The van der Waals surface area contributed by atoms with Crippen LogP contribution < -0.4 is 5.73 Å². The lowest BCUT2D eigenvalue weighted by atomic mass is 9.92. The Balaban J connectivity index is 2.39. The van der Waals surface area contributed by atoms with Gasteiger partial charge in [-0.25, -0.2) is 0 Å². The highest BCUT2D eigenvalue weighted by Crippen LogP contribution is 2.22. The van der Waals surface area contributed by atoms with Crippen molar-refractivity contribution in [2.75, 3.05) is 0 Å². The molecule has 0 radical (unpaired) electrons. The van der Waals surface area contributed by atoms with Crippen LogP contribution in [0.1, 0.15) is 46.1 Å². The maximum atomic E-state index is 6.22. The van der Waals surface area contributed by atoms with Crippen LogP contribution in [0.3, 0.4) is 0 Å². The van der Waals surface area contributed by atoms with Crippen molar-refractivity contribution in [1.82, 2.24) is 0 Å². The van der Waals surface area contributed by atoms with E-state index in [0.717, 1.165) is 6.42 Å². The van der Waals surface area contributed by atoms with Crippen LogP contribution >= 0.6 is 0 Å². The second kappa shape index (κ2) is 6.91. The summed E-state index contributed by atoms with van der Waals surface area (Å²) in [6.07, 6.45) is 2.10.